The second-order valence-corrected chi connectivity index (χ2v) is 7.41. The Balaban J connectivity index is 1.30. The van der Waals surface area contributed by atoms with Crippen molar-refractivity contribution >= 4 is 22.6 Å². The molecule has 1 fully saturated rings. The summed E-state index contributed by atoms with van der Waals surface area (Å²) in [6.45, 7) is -0.235. The van der Waals surface area contributed by atoms with Crippen molar-refractivity contribution in [3.05, 3.63) is 53.9 Å². The summed E-state index contributed by atoms with van der Waals surface area (Å²) in [5.74, 6) is 1.14. The number of anilines is 1. The standard InChI is InChI=1S/C21H21N3O5/c25-10-19-15(26)9-17(29-19)20-23-13-6-5-12(8-14(13)24-20)22-21(27)18-7-11-3-1-2-4-16(11)28-18/h1-6,8,15,17-19,25-26H,7,9-10H2,(H,22,27)(H,23,24)/t15-,17+,18?,19+/m0/s1. The van der Waals surface area contributed by atoms with Crippen LogP contribution in [0, 0.1) is 0 Å². The van der Waals surface area contributed by atoms with Gasteiger partial charge in [-0.15, -0.1) is 0 Å². The van der Waals surface area contributed by atoms with E-state index in [0.29, 0.717) is 24.4 Å². The average molecular weight is 395 g/mol. The molecule has 5 rings (SSSR count). The molecule has 2 aliphatic rings. The highest BCUT2D eigenvalue weighted by atomic mass is 16.5. The fourth-order valence-corrected chi connectivity index (χ4v) is 3.88. The van der Waals surface area contributed by atoms with E-state index in [9.17, 15) is 15.0 Å². The highest BCUT2D eigenvalue weighted by Crippen LogP contribution is 2.33. The van der Waals surface area contributed by atoms with E-state index in [1.807, 2.05) is 30.3 Å². The highest BCUT2D eigenvalue weighted by Gasteiger charge is 2.36. The Morgan fingerprint density at radius 1 is 1.28 bits per heavy atom. The van der Waals surface area contributed by atoms with Gasteiger partial charge in [0.25, 0.3) is 5.91 Å². The number of hydrogen-bond acceptors (Lipinski definition) is 6. The van der Waals surface area contributed by atoms with Gasteiger partial charge in [0.1, 0.15) is 23.8 Å². The number of H-pyrrole nitrogens is 1. The molecule has 0 bridgehead atoms. The Hall–Kier alpha value is -2.94. The van der Waals surface area contributed by atoms with Crippen molar-refractivity contribution in [1.82, 2.24) is 9.97 Å². The summed E-state index contributed by atoms with van der Waals surface area (Å²) in [6, 6.07) is 13.0. The van der Waals surface area contributed by atoms with Crippen molar-refractivity contribution in [3.63, 3.8) is 0 Å². The Kier molecular flexibility index (Phi) is 4.46. The van der Waals surface area contributed by atoms with E-state index in [0.717, 1.165) is 22.3 Å². The van der Waals surface area contributed by atoms with Crippen LogP contribution in [0.5, 0.6) is 5.75 Å². The van der Waals surface area contributed by atoms with Crippen LogP contribution < -0.4 is 10.1 Å². The van der Waals surface area contributed by atoms with Crippen molar-refractivity contribution in [2.24, 2.45) is 0 Å². The molecule has 2 aromatic carbocycles. The molecule has 1 aromatic heterocycles. The van der Waals surface area contributed by atoms with Crippen LogP contribution in [0.4, 0.5) is 5.69 Å². The number of fused-ring (bicyclic) bond motifs is 2. The number of aliphatic hydroxyl groups is 2. The lowest BCUT2D eigenvalue weighted by Crippen LogP contribution is -2.31. The summed E-state index contributed by atoms with van der Waals surface area (Å²) in [7, 11) is 0. The third-order valence-electron chi connectivity index (χ3n) is 5.42. The van der Waals surface area contributed by atoms with E-state index in [1.165, 1.54) is 0 Å². The molecule has 0 aliphatic carbocycles. The molecule has 0 saturated carbocycles. The largest absolute Gasteiger partial charge is 0.480 e. The molecule has 3 heterocycles. The molecule has 1 saturated heterocycles. The van der Waals surface area contributed by atoms with E-state index < -0.39 is 24.4 Å². The smallest absolute Gasteiger partial charge is 0.265 e. The molecule has 4 atom stereocenters. The molecule has 8 heteroatoms. The number of hydrogen-bond donors (Lipinski definition) is 4. The minimum atomic E-state index is -0.719. The van der Waals surface area contributed by atoms with Crippen molar-refractivity contribution in [1.29, 1.82) is 0 Å². The summed E-state index contributed by atoms with van der Waals surface area (Å²) in [6.07, 6.45) is -1.36. The maximum atomic E-state index is 12.6. The number of nitrogens with one attached hydrogen (secondary N) is 2. The number of aromatic nitrogens is 2. The minimum absolute atomic E-state index is 0.201. The zero-order valence-corrected chi connectivity index (χ0v) is 15.5. The van der Waals surface area contributed by atoms with E-state index in [-0.39, 0.29) is 12.5 Å². The molecular formula is C21H21N3O5. The van der Waals surface area contributed by atoms with Gasteiger partial charge < -0.3 is 30.0 Å². The van der Waals surface area contributed by atoms with Crippen molar-refractivity contribution in [2.45, 2.75) is 37.3 Å². The van der Waals surface area contributed by atoms with E-state index >= 15 is 0 Å². The first kappa shape index (κ1) is 18.1. The summed E-state index contributed by atoms with van der Waals surface area (Å²) in [4.78, 5) is 20.3. The third kappa shape index (κ3) is 3.35. The van der Waals surface area contributed by atoms with E-state index in [1.54, 1.807) is 12.1 Å². The van der Waals surface area contributed by atoms with Crippen LogP contribution in [-0.4, -0.2) is 51.0 Å². The Labute approximate surface area is 166 Å². The zero-order valence-electron chi connectivity index (χ0n) is 15.5. The lowest BCUT2D eigenvalue weighted by molar-refractivity contribution is -0.122. The second kappa shape index (κ2) is 7.14. The Morgan fingerprint density at radius 3 is 2.93 bits per heavy atom. The summed E-state index contributed by atoms with van der Waals surface area (Å²) < 4.78 is 11.4. The molecule has 8 nitrogen and oxygen atoms in total. The summed E-state index contributed by atoms with van der Waals surface area (Å²) in [5, 5.41) is 22.1. The van der Waals surface area contributed by atoms with Crippen LogP contribution in [0.25, 0.3) is 11.0 Å². The fraction of sp³-hybridized carbons (Fsp3) is 0.333. The van der Waals surface area contributed by atoms with Crippen molar-refractivity contribution in [3.8, 4) is 5.75 Å². The monoisotopic (exact) mass is 395 g/mol. The number of para-hydroxylation sites is 1. The van der Waals surface area contributed by atoms with E-state index in [4.69, 9.17) is 9.47 Å². The number of ether oxygens (including phenoxy) is 2. The average Bonchev–Trinajstić information content (AvgIpc) is 3.43. The maximum absolute atomic E-state index is 12.6. The van der Waals surface area contributed by atoms with Crippen LogP contribution in [-0.2, 0) is 16.0 Å². The minimum Gasteiger partial charge on any atom is -0.480 e. The molecule has 29 heavy (non-hydrogen) atoms. The number of benzene rings is 2. The van der Waals surface area contributed by atoms with Gasteiger partial charge in [0, 0.05) is 18.5 Å². The Morgan fingerprint density at radius 2 is 2.14 bits per heavy atom. The molecule has 3 aromatic rings. The number of aliphatic hydroxyl groups excluding tert-OH is 2. The van der Waals surface area contributed by atoms with Crippen LogP contribution in [0.2, 0.25) is 0 Å². The van der Waals surface area contributed by atoms with Gasteiger partial charge in [0.2, 0.25) is 0 Å². The quantitative estimate of drug-likeness (QED) is 0.534. The predicted molar refractivity (Wildman–Crippen MR) is 105 cm³/mol. The van der Waals surface area contributed by atoms with Gasteiger partial charge >= 0.3 is 0 Å². The zero-order chi connectivity index (χ0) is 20.0. The second-order valence-electron chi connectivity index (χ2n) is 7.41. The van der Waals surface area contributed by atoms with E-state index in [2.05, 4.69) is 15.3 Å². The first-order valence-electron chi connectivity index (χ1n) is 9.60. The topological polar surface area (TPSA) is 117 Å². The van der Waals surface area contributed by atoms with Crippen LogP contribution in [0.3, 0.4) is 0 Å². The van der Waals surface area contributed by atoms with Crippen molar-refractivity contribution in [2.75, 3.05) is 11.9 Å². The molecule has 150 valence electrons. The SMILES string of the molecule is O=C(Nc1ccc2nc([C@H]3C[C@H](O)[C@@H](CO)O3)[nH]c2c1)C1Cc2ccccc2O1. The number of imidazole rings is 1. The first-order chi connectivity index (χ1) is 14.1. The number of carbonyl (C=O) groups excluding carboxylic acids is 1. The molecule has 2 aliphatic heterocycles. The molecule has 4 N–H and O–H groups in total. The van der Waals surface area contributed by atoms with Gasteiger partial charge in [-0.05, 0) is 29.8 Å². The lowest BCUT2D eigenvalue weighted by atomic mass is 10.1. The fourth-order valence-electron chi connectivity index (χ4n) is 3.88. The number of nitrogens with zero attached hydrogens (tertiary/aromatic N) is 1. The van der Waals surface area contributed by atoms with Gasteiger partial charge in [-0.2, -0.15) is 0 Å². The van der Waals surface area contributed by atoms with Gasteiger partial charge in [0.15, 0.2) is 6.10 Å². The van der Waals surface area contributed by atoms with Crippen LogP contribution >= 0.6 is 0 Å². The summed E-state index contributed by atoms with van der Waals surface area (Å²) in [5.41, 5.74) is 3.14. The van der Waals surface area contributed by atoms with Crippen LogP contribution in [0.15, 0.2) is 42.5 Å². The van der Waals surface area contributed by atoms with Gasteiger partial charge in [0.05, 0.1) is 23.7 Å². The number of rotatable bonds is 4. The lowest BCUT2D eigenvalue weighted by Gasteiger charge is -2.11. The normalized spacial score (nSPS) is 25.7. The molecule has 1 unspecified atom stereocenters. The molecule has 1 amide bonds. The summed E-state index contributed by atoms with van der Waals surface area (Å²) >= 11 is 0. The molecule has 0 radical (unpaired) electrons. The third-order valence-corrected chi connectivity index (χ3v) is 5.42. The first-order valence-corrected chi connectivity index (χ1v) is 9.60. The van der Waals surface area contributed by atoms with Crippen LogP contribution in [0.1, 0.15) is 23.9 Å². The van der Waals surface area contributed by atoms with Gasteiger partial charge in [-0.3, -0.25) is 4.79 Å². The van der Waals surface area contributed by atoms with Gasteiger partial charge in [-0.1, -0.05) is 18.2 Å². The number of amides is 1. The number of carbonyl (C=O) groups is 1. The Bertz CT molecular complexity index is 1040. The van der Waals surface area contributed by atoms with Crippen molar-refractivity contribution < 1.29 is 24.5 Å². The molecular weight excluding hydrogens is 374 g/mol. The highest BCUT2D eigenvalue weighted by molar-refractivity contribution is 5.96. The maximum Gasteiger partial charge on any atom is 0.265 e. The molecule has 0 spiro atoms. The number of aromatic amines is 1. The predicted octanol–water partition coefficient (Wildman–Crippen LogP) is 1.69. The van der Waals surface area contributed by atoms with Gasteiger partial charge in [-0.25, -0.2) is 4.98 Å².